The zero-order valence-corrected chi connectivity index (χ0v) is 8.78. The molecule has 74 valence electrons. The predicted octanol–water partition coefficient (Wildman–Crippen LogP) is 2.29. The van der Waals surface area contributed by atoms with Crippen molar-refractivity contribution < 1.29 is 0 Å². The monoisotopic (exact) mass is 189 g/mol. The lowest BCUT2D eigenvalue weighted by Crippen LogP contribution is -2.08. The Hall–Kier alpha value is -1.56. The number of nitriles is 1. The Bertz CT molecular complexity index is 363. The molecule has 1 atom stereocenters. The van der Waals surface area contributed by atoms with Crippen LogP contribution in [0.25, 0.3) is 0 Å². The first-order valence-corrected chi connectivity index (χ1v) is 4.72. The Morgan fingerprint density at radius 1 is 1.36 bits per heavy atom. The summed E-state index contributed by atoms with van der Waals surface area (Å²) in [6.07, 6.45) is 0. The van der Waals surface area contributed by atoms with E-state index in [9.17, 15) is 0 Å². The molecule has 0 aliphatic heterocycles. The molecule has 1 rings (SSSR count). The van der Waals surface area contributed by atoms with E-state index in [1.165, 1.54) is 0 Å². The fourth-order valence-corrected chi connectivity index (χ4v) is 1.25. The first kappa shape index (κ1) is 10.5. The molecule has 0 saturated heterocycles. The average Bonchev–Trinajstić information content (AvgIpc) is 2.16. The summed E-state index contributed by atoms with van der Waals surface area (Å²) in [7, 11) is 0. The molecule has 1 aromatic heterocycles. The van der Waals surface area contributed by atoms with Crippen molar-refractivity contribution in [3.63, 3.8) is 0 Å². The topological polar surface area (TPSA) is 62.7 Å². The molecule has 0 bridgehead atoms. The van der Waals surface area contributed by atoms with Crippen LogP contribution in [0.5, 0.6) is 0 Å². The van der Waals surface area contributed by atoms with E-state index < -0.39 is 0 Å². The first-order chi connectivity index (χ1) is 6.56. The normalized spacial score (nSPS) is 12.5. The summed E-state index contributed by atoms with van der Waals surface area (Å²) in [4.78, 5) is 4.22. The van der Waals surface area contributed by atoms with E-state index in [2.05, 4.69) is 31.8 Å². The van der Waals surface area contributed by atoms with Crippen LogP contribution in [0.1, 0.15) is 37.9 Å². The standard InChI is InChI=1S/C11H15N3/c1-7(2)8(3)11-9(6-12)4-5-10(13)14-11/h4-5,7-8H,1-3H3,(H2,13,14). The molecule has 0 aliphatic carbocycles. The van der Waals surface area contributed by atoms with Crippen molar-refractivity contribution in [1.29, 1.82) is 5.26 Å². The molecule has 0 radical (unpaired) electrons. The summed E-state index contributed by atoms with van der Waals surface area (Å²) in [5.74, 6) is 1.19. The highest BCUT2D eigenvalue weighted by molar-refractivity contribution is 5.42. The van der Waals surface area contributed by atoms with Crippen molar-refractivity contribution in [2.75, 3.05) is 5.73 Å². The van der Waals surface area contributed by atoms with Crippen LogP contribution >= 0.6 is 0 Å². The van der Waals surface area contributed by atoms with Gasteiger partial charge >= 0.3 is 0 Å². The molecule has 0 spiro atoms. The maximum Gasteiger partial charge on any atom is 0.123 e. The molecular weight excluding hydrogens is 174 g/mol. The van der Waals surface area contributed by atoms with Gasteiger partial charge in [-0.3, -0.25) is 0 Å². The van der Waals surface area contributed by atoms with Crippen LogP contribution in [0.3, 0.4) is 0 Å². The lowest BCUT2D eigenvalue weighted by molar-refractivity contribution is 0.523. The Labute approximate surface area is 84.6 Å². The van der Waals surface area contributed by atoms with E-state index in [0.29, 0.717) is 17.3 Å². The maximum absolute atomic E-state index is 8.91. The molecule has 14 heavy (non-hydrogen) atoms. The van der Waals surface area contributed by atoms with Crippen molar-refractivity contribution in [2.24, 2.45) is 5.92 Å². The van der Waals surface area contributed by atoms with Gasteiger partial charge in [-0.2, -0.15) is 5.26 Å². The average molecular weight is 189 g/mol. The zero-order valence-electron chi connectivity index (χ0n) is 8.78. The highest BCUT2D eigenvalue weighted by atomic mass is 14.8. The van der Waals surface area contributed by atoms with E-state index in [0.717, 1.165) is 5.69 Å². The molecular formula is C11H15N3. The molecule has 1 unspecified atom stereocenters. The van der Waals surface area contributed by atoms with E-state index in [-0.39, 0.29) is 5.92 Å². The van der Waals surface area contributed by atoms with Crippen molar-refractivity contribution in [2.45, 2.75) is 26.7 Å². The van der Waals surface area contributed by atoms with Gasteiger partial charge in [0, 0.05) is 5.92 Å². The van der Waals surface area contributed by atoms with Crippen molar-refractivity contribution in [1.82, 2.24) is 4.98 Å². The van der Waals surface area contributed by atoms with E-state index >= 15 is 0 Å². The molecule has 0 amide bonds. The van der Waals surface area contributed by atoms with Crippen LogP contribution < -0.4 is 5.73 Å². The van der Waals surface area contributed by atoms with Gasteiger partial charge in [-0.15, -0.1) is 0 Å². The third-order valence-electron chi connectivity index (χ3n) is 2.50. The fraction of sp³-hybridized carbons (Fsp3) is 0.455. The highest BCUT2D eigenvalue weighted by Gasteiger charge is 2.15. The van der Waals surface area contributed by atoms with Gasteiger partial charge in [0.05, 0.1) is 11.3 Å². The molecule has 0 aliphatic rings. The number of hydrogen-bond donors (Lipinski definition) is 1. The lowest BCUT2D eigenvalue weighted by atomic mass is 9.91. The quantitative estimate of drug-likeness (QED) is 0.776. The van der Waals surface area contributed by atoms with Gasteiger partial charge in [-0.1, -0.05) is 20.8 Å². The van der Waals surface area contributed by atoms with Crippen LogP contribution in [0.4, 0.5) is 5.82 Å². The van der Waals surface area contributed by atoms with Crippen molar-refractivity contribution in [3.05, 3.63) is 23.4 Å². The van der Waals surface area contributed by atoms with Gasteiger partial charge in [-0.05, 0) is 18.1 Å². The van der Waals surface area contributed by atoms with Gasteiger partial charge in [-0.25, -0.2) is 4.98 Å². The van der Waals surface area contributed by atoms with Crippen LogP contribution in [-0.2, 0) is 0 Å². The summed E-state index contributed by atoms with van der Waals surface area (Å²) in [5, 5.41) is 8.91. The lowest BCUT2D eigenvalue weighted by Gasteiger charge is -2.16. The Morgan fingerprint density at radius 3 is 2.50 bits per heavy atom. The van der Waals surface area contributed by atoms with Gasteiger partial charge in [0.15, 0.2) is 0 Å². The molecule has 0 aromatic carbocycles. The number of anilines is 1. The van der Waals surface area contributed by atoms with E-state index in [4.69, 9.17) is 11.0 Å². The van der Waals surface area contributed by atoms with Gasteiger partial charge in [0.2, 0.25) is 0 Å². The SMILES string of the molecule is CC(C)C(C)c1nc(N)ccc1C#N. The van der Waals surface area contributed by atoms with Crippen LogP contribution in [0.15, 0.2) is 12.1 Å². The zero-order chi connectivity index (χ0) is 10.7. The molecule has 0 fully saturated rings. The number of nitrogens with zero attached hydrogens (tertiary/aromatic N) is 2. The number of hydrogen-bond acceptors (Lipinski definition) is 3. The second-order valence-corrected chi connectivity index (χ2v) is 3.81. The van der Waals surface area contributed by atoms with Crippen molar-refractivity contribution >= 4 is 5.82 Å². The second-order valence-electron chi connectivity index (χ2n) is 3.81. The number of pyridine rings is 1. The highest BCUT2D eigenvalue weighted by Crippen LogP contribution is 2.25. The largest absolute Gasteiger partial charge is 0.384 e. The fourth-order valence-electron chi connectivity index (χ4n) is 1.25. The minimum atomic E-state index is 0.258. The Kier molecular flexibility index (Phi) is 3.08. The van der Waals surface area contributed by atoms with Crippen molar-refractivity contribution in [3.8, 4) is 6.07 Å². The van der Waals surface area contributed by atoms with Crippen LogP contribution in [-0.4, -0.2) is 4.98 Å². The number of nitrogen functional groups attached to an aromatic ring is 1. The maximum atomic E-state index is 8.91. The number of nitrogens with two attached hydrogens (primary N) is 1. The van der Waals surface area contributed by atoms with Gasteiger partial charge < -0.3 is 5.73 Å². The van der Waals surface area contributed by atoms with E-state index in [1.54, 1.807) is 12.1 Å². The molecule has 3 nitrogen and oxygen atoms in total. The summed E-state index contributed by atoms with van der Waals surface area (Å²) in [6, 6.07) is 5.54. The third kappa shape index (κ3) is 2.02. The van der Waals surface area contributed by atoms with Gasteiger partial charge in [0.25, 0.3) is 0 Å². The smallest absolute Gasteiger partial charge is 0.123 e. The van der Waals surface area contributed by atoms with E-state index in [1.807, 2.05) is 0 Å². The summed E-state index contributed by atoms with van der Waals surface area (Å²) < 4.78 is 0. The second kappa shape index (κ2) is 4.10. The van der Waals surface area contributed by atoms with Crippen LogP contribution in [0, 0.1) is 17.2 Å². The third-order valence-corrected chi connectivity index (χ3v) is 2.50. The predicted molar refractivity (Wildman–Crippen MR) is 56.6 cm³/mol. The Morgan fingerprint density at radius 2 is 2.00 bits per heavy atom. The molecule has 1 heterocycles. The molecule has 2 N–H and O–H groups in total. The minimum absolute atomic E-state index is 0.258. The molecule has 1 aromatic rings. The Balaban J connectivity index is 3.18. The summed E-state index contributed by atoms with van der Waals surface area (Å²) in [6.45, 7) is 6.28. The van der Waals surface area contributed by atoms with Crippen LogP contribution in [0.2, 0.25) is 0 Å². The first-order valence-electron chi connectivity index (χ1n) is 4.72. The minimum Gasteiger partial charge on any atom is -0.384 e. The molecule has 0 saturated carbocycles. The summed E-state index contributed by atoms with van der Waals surface area (Å²) in [5.41, 5.74) is 7.03. The van der Waals surface area contributed by atoms with Gasteiger partial charge in [0.1, 0.15) is 11.9 Å². The number of aromatic nitrogens is 1. The molecule has 3 heteroatoms. The number of rotatable bonds is 2. The summed E-state index contributed by atoms with van der Waals surface area (Å²) >= 11 is 0.